The maximum absolute atomic E-state index is 6.29. The van der Waals surface area contributed by atoms with E-state index in [-0.39, 0.29) is 17.6 Å². The van der Waals surface area contributed by atoms with Crippen molar-refractivity contribution in [1.29, 1.82) is 0 Å². The normalized spacial score (nSPS) is 27.3. The van der Waals surface area contributed by atoms with Crippen LogP contribution in [0, 0.1) is 11.8 Å². The first-order valence-corrected chi connectivity index (χ1v) is 9.77. The SMILES string of the molecule is CCCC#Cc1nc(Cl)c2ncn([C@@H]3SC[C@H]4OC(C)(C)O[C@@H]34)c2n1. The second-order valence-electron chi connectivity index (χ2n) is 6.58. The number of thioether (sulfide) groups is 1. The van der Waals surface area contributed by atoms with Crippen LogP contribution in [0.5, 0.6) is 0 Å². The molecule has 0 amide bonds. The van der Waals surface area contributed by atoms with E-state index in [2.05, 4.69) is 33.7 Å². The van der Waals surface area contributed by atoms with Crippen LogP contribution in [-0.2, 0) is 9.47 Å². The number of fused-ring (bicyclic) bond motifs is 2. The van der Waals surface area contributed by atoms with Crippen molar-refractivity contribution < 1.29 is 9.47 Å². The lowest BCUT2D eigenvalue weighted by atomic mass is 10.2. The summed E-state index contributed by atoms with van der Waals surface area (Å²) < 4.78 is 14.1. The largest absolute Gasteiger partial charge is 0.344 e. The summed E-state index contributed by atoms with van der Waals surface area (Å²) in [7, 11) is 0. The number of imidazole rings is 1. The summed E-state index contributed by atoms with van der Waals surface area (Å²) in [5.74, 6) is 6.79. The Balaban J connectivity index is 1.72. The molecule has 0 unspecified atom stereocenters. The Bertz CT molecular complexity index is 873. The average molecular weight is 379 g/mol. The van der Waals surface area contributed by atoms with Gasteiger partial charge in [0, 0.05) is 12.2 Å². The first-order chi connectivity index (χ1) is 12.0. The quantitative estimate of drug-likeness (QED) is 0.589. The highest BCUT2D eigenvalue weighted by atomic mass is 35.5. The zero-order valence-corrected chi connectivity index (χ0v) is 15.9. The molecule has 2 aliphatic heterocycles. The standard InChI is InChI=1S/C17H19ClN4O2S/c1-4-5-6-7-11-20-14(18)12-15(21-11)22(9-19-12)16-13-10(8-25-16)23-17(2,3)24-13/h9-10,13,16H,4-5,8H2,1-3H3/t10-,13-,16-/m1/s1. The van der Waals surface area contributed by atoms with Gasteiger partial charge in [-0.05, 0) is 26.2 Å². The summed E-state index contributed by atoms with van der Waals surface area (Å²) >= 11 is 8.07. The number of ether oxygens (including phenoxy) is 2. The van der Waals surface area contributed by atoms with E-state index in [1.165, 1.54) is 0 Å². The second-order valence-corrected chi connectivity index (χ2v) is 8.08. The summed E-state index contributed by atoms with van der Waals surface area (Å²) in [5, 5.41) is 0.368. The van der Waals surface area contributed by atoms with Crippen LogP contribution in [0.15, 0.2) is 6.33 Å². The van der Waals surface area contributed by atoms with Crippen LogP contribution in [0.25, 0.3) is 11.2 Å². The molecule has 0 bridgehead atoms. The average Bonchev–Trinajstić information content (AvgIpc) is 3.19. The summed E-state index contributed by atoms with van der Waals surface area (Å²) in [6, 6.07) is 0. The molecule has 0 radical (unpaired) electrons. The maximum atomic E-state index is 6.29. The predicted molar refractivity (Wildman–Crippen MR) is 97.4 cm³/mol. The first-order valence-electron chi connectivity index (χ1n) is 8.34. The van der Waals surface area contributed by atoms with E-state index in [0.717, 1.165) is 18.6 Å². The van der Waals surface area contributed by atoms with E-state index in [9.17, 15) is 0 Å². The van der Waals surface area contributed by atoms with Crippen LogP contribution >= 0.6 is 23.4 Å². The molecule has 132 valence electrons. The fraction of sp³-hybridized carbons (Fsp3) is 0.588. The van der Waals surface area contributed by atoms with Crippen LogP contribution in [0.3, 0.4) is 0 Å². The third kappa shape index (κ3) is 3.13. The van der Waals surface area contributed by atoms with Crippen molar-refractivity contribution in [3.63, 3.8) is 0 Å². The van der Waals surface area contributed by atoms with Gasteiger partial charge in [0.2, 0.25) is 5.82 Å². The predicted octanol–water partition coefficient (Wildman–Crippen LogP) is 3.40. The van der Waals surface area contributed by atoms with Crippen molar-refractivity contribution in [2.75, 3.05) is 5.75 Å². The van der Waals surface area contributed by atoms with E-state index in [1.807, 2.05) is 18.4 Å². The van der Waals surface area contributed by atoms with Gasteiger partial charge in [0.15, 0.2) is 16.6 Å². The molecular formula is C17H19ClN4O2S. The highest BCUT2D eigenvalue weighted by Gasteiger charge is 2.50. The topological polar surface area (TPSA) is 62.1 Å². The molecule has 2 aliphatic rings. The Hall–Kier alpha value is -1.33. The minimum Gasteiger partial charge on any atom is -0.344 e. The molecule has 0 saturated carbocycles. The van der Waals surface area contributed by atoms with Gasteiger partial charge in [0.1, 0.15) is 17.0 Å². The molecule has 25 heavy (non-hydrogen) atoms. The van der Waals surface area contributed by atoms with Gasteiger partial charge in [0.05, 0.1) is 12.4 Å². The van der Waals surface area contributed by atoms with E-state index < -0.39 is 5.79 Å². The van der Waals surface area contributed by atoms with Gasteiger partial charge in [-0.1, -0.05) is 24.4 Å². The molecular weight excluding hydrogens is 360 g/mol. The Morgan fingerprint density at radius 2 is 2.24 bits per heavy atom. The highest BCUT2D eigenvalue weighted by Crippen LogP contribution is 2.47. The monoisotopic (exact) mass is 378 g/mol. The summed E-state index contributed by atoms with van der Waals surface area (Å²) in [4.78, 5) is 13.2. The van der Waals surface area contributed by atoms with Gasteiger partial charge < -0.3 is 9.47 Å². The molecule has 0 spiro atoms. The first kappa shape index (κ1) is 17.1. The lowest BCUT2D eigenvalue weighted by molar-refractivity contribution is -0.146. The van der Waals surface area contributed by atoms with Gasteiger partial charge in [-0.3, -0.25) is 4.57 Å². The van der Waals surface area contributed by atoms with Gasteiger partial charge in [0.25, 0.3) is 0 Å². The number of rotatable bonds is 2. The van der Waals surface area contributed by atoms with E-state index in [4.69, 9.17) is 21.1 Å². The van der Waals surface area contributed by atoms with Crippen LogP contribution in [0.4, 0.5) is 0 Å². The number of unbranched alkanes of at least 4 members (excludes halogenated alkanes) is 1. The van der Waals surface area contributed by atoms with Crippen LogP contribution in [-0.4, -0.2) is 43.3 Å². The lowest BCUT2D eigenvalue weighted by Crippen LogP contribution is -2.26. The third-order valence-electron chi connectivity index (χ3n) is 4.16. The fourth-order valence-corrected chi connectivity index (χ4v) is 4.74. The van der Waals surface area contributed by atoms with E-state index in [1.54, 1.807) is 18.1 Å². The van der Waals surface area contributed by atoms with Crippen LogP contribution in [0.2, 0.25) is 5.15 Å². The molecule has 8 heteroatoms. The highest BCUT2D eigenvalue weighted by molar-refractivity contribution is 7.99. The number of hydrogen-bond donors (Lipinski definition) is 0. The third-order valence-corrected chi connectivity index (χ3v) is 5.78. The van der Waals surface area contributed by atoms with Crippen molar-refractivity contribution in [1.82, 2.24) is 19.5 Å². The van der Waals surface area contributed by atoms with Crippen molar-refractivity contribution in [2.24, 2.45) is 0 Å². The minimum absolute atomic E-state index is 0.0409. The molecule has 2 aromatic heterocycles. The lowest BCUT2D eigenvalue weighted by Gasteiger charge is -2.22. The molecule has 0 aliphatic carbocycles. The zero-order chi connectivity index (χ0) is 17.6. The van der Waals surface area contributed by atoms with E-state index in [0.29, 0.717) is 22.1 Å². The Kier molecular flexibility index (Phi) is 4.40. The van der Waals surface area contributed by atoms with Crippen molar-refractivity contribution >= 4 is 34.5 Å². The fourth-order valence-electron chi connectivity index (χ4n) is 3.15. The van der Waals surface area contributed by atoms with Crippen molar-refractivity contribution in [3.8, 4) is 11.8 Å². The molecule has 4 rings (SSSR count). The number of halogens is 1. The minimum atomic E-state index is -0.561. The molecule has 0 aromatic carbocycles. The molecule has 6 nitrogen and oxygen atoms in total. The molecule has 2 saturated heterocycles. The molecule has 4 heterocycles. The Morgan fingerprint density at radius 3 is 3.04 bits per heavy atom. The number of hydrogen-bond acceptors (Lipinski definition) is 6. The summed E-state index contributed by atoms with van der Waals surface area (Å²) in [5.41, 5.74) is 1.28. The number of aromatic nitrogens is 4. The molecule has 3 atom stereocenters. The van der Waals surface area contributed by atoms with E-state index >= 15 is 0 Å². The van der Waals surface area contributed by atoms with Crippen LogP contribution in [0.1, 0.15) is 44.8 Å². The molecule has 2 fully saturated rings. The van der Waals surface area contributed by atoms with Crippen LogP contribution < -0.4 is 0 Å². The molecule has 0 N–H and O–H groups in total. The zero-order valence-electron chi connectivity index (χ0n) is 14.3. The Labute approximate surface area is 155 Å². The number of nitrogens with zero attached hydrogens (tertiary/aromatic N) is 4. The maximum Gasteiger partial charge on any atom is 0.208 e. The summed E-state index contributed by atoms with van der Waals surface area (Å²) in [6.07, 6.45) is 3.59. The van der Waals surface area contributed by atoms with Gasteiger partial charge >= 0.3 is 0 Å². The molecule has 2 aromatic rings. The van der Waals surface area contributed by atoms with Gasteiger partial charge in [-0.25, -0.2) is 15.0 Å². The second kappa shape index (κ2) is 6.44. The smallest absolute Gasteiger partial charge is 0.208 e. The summed E-state index contributed by atoms with van der Waals surface area (Å²) in [6.45, 7) is 5.97. The van der Waals surface area contributed by atoms with Gasteiger partial charge in [-0.15, -0.1) is 11.8 Å². The Morgan fingerprint density at radius 1 is 1.40 bits per heavy atom. The van der Waals surface area contributed by atoms with Crippen molar-refractivity contribution in [2.45, 2.75) is 57.0 Å². The van der Waals surface area contributed by atoms with Crippen molar-refractivity contribution in [3.05, 3.63) is 17.3 Å². The van der Waals surface area contributed by atoms with Gasteiger partial charge in [-0.2, -0.15) is 0 Å².